The maximum atomic E-state index is 9.09. The molecule has 4 heteroatoms. The molecule has 98 valence electrons. The van der Waals surface area contributed by atoms with Crippen molar-refractivity contribution >= 4 is 0 Å². The average molecular weight is 238 g/mol. The minimum atomic E-state index is -0.393. The summed E-state index contributed by atoms with van der Waals surface area (Å²) < 4.78 is 0. The third-order valence-electron chi connectivity index (χ3n) is 3.99. The molecule has 0 amide bonds. The Kier molecular flexibility index (Phi) is 5.38. The Morgan fingerprint density at radius 2 is 2.29 bits per heavy atom. The average Bonchev–Trinajstić information content (AvgIpc) is 2.72. The highest BCUT2D eigenvalue weighted by Crippen LogP contribution is 2.16. The monoisotopic (exact) mass is 238 g/mol. The normalized spacial score (nSPS) is 24.8. The third-order valence-corrected chi connectivity index (χ3v) is 3.99. The molecule has 1 saturated heterocycles. The number of nitrogens with zero attached hydrogens (tertiary/aromatic N) is 3. The van der Waals surface area contributed by atoms with E-state index in [9.17, 15) is 0 Å². The van der Waals surface area contributed by atoms with E-state index >= 15 is 0 Å². The Bertz CT molecular complexity index is 273. The molecule has 1 N–H and O–H groups in total. The Hall–Kier alpha value is -0.630. The van der Waals surface area contributed by atoms with Crippen molar-refractivity contribution in [3.63, 3.8) is 0 Å². The first kappa shape index (κ1) is 14.4. The summed E-state index contributed by atoms with van der Waals surface area (Å²) in [4.78, 5) is 4.79. The van der Waals surface area contributed by atoms with Gasteiger partial charge in [-0.2, -0.15) is 5.26 Å². The minimum absolute atomic E-state index is 0.393. The van der Waals surface area contributed by atoms with E-state index in [0.717, 1.165) is 19.5 Å². The highest BCUT2D eigenvalue weighted by Gasteiger charge is 2.24. The van der Waals surface area contributed by atoms with Crippen molar-refractivity contribution in [2.75, 3.05) is 40.8 Å². The molecule has 0 aromatic heterocycles. The zero-order valence-corrected chi connectivity index (χ0v) is 11.7. The van der Waals surface area contributed by atoms with Crippen molar-refractivity contribution in [1.29, 1.82) is 5.26 Å². The van der Waals surface area contributed by atoms with Crippen molar-refractivity contribution in [3.8, 4) is 6.07 Å². The van der Waals surface area contributed by atoms with Gasteiger partial charge in [0.1, 0.15) is 5.54 Å². The maximum absolute atomic E-state index is 9.09. The molecule has 0 saturated carbocycles. The number of likely N-dealkylation sites (tertiary alicyclic amines) is 1. The standard InChI is InChI=1S/C13H26N4/c1-13(11-14,15-2)7-9-16(3)10-12-6-5-8-17(12)4/h12,15H,5-10H2,1-4H3. The molecule has 1 fully saturated rings. The molecule has 0 radical (unpaired) electrons. The van der Waals surface area contributed by atoms with Gasteiger partial charge in [0.15, 0.2) is 0 Å². The fourth-order valence-corrected chi connectivity index (χ4v) is 2.31. The zero-order chi connectivity index (χ0) is 12.9. The second-order valence-electron chi connectivity index (χ2n) is 5.48. The van der Waals surface area contributed by atoms with Crippen molar-refractivity contribution in [2.24, 2.45) is 0 Å². The van der Waals surface area contributed by atoms with E-state index in [1.807, 2.05) is 14.0 Å². The number of hydrogen-bond donors (Lipinski definition) is 1. The van der Waals surface area contributed by atoms with Gasteiger partial charge in [-0.25, -0.2) is 0 Å². The Labute approximate surface area is 106 Å². The van der Waals surface area contributed by atoms with Crippen LogP contribution in [0.3, 0.4) is 0 Å². The van der Waals surface area contributed by atoms with E-state index in [4.69, 9.17) is 5.26 Å². The van der Waals surface area contributed by atoms with Gasteiger partial charge >= 0.3 is 0 Å². The van der Waals surface area contributed by atoms with Gasteiger partial charge in [0.25, 0.3) is 0 Å². The van der Waals surface area contributed by atoms with Crippen LogP contribution in [0.2, 0.25) is 0 Å². The van der Waals surface area contributed by atoms with Gasteiger partial charge in [0.05, 0.1) is 6.07 Å². The fraction of sp³-hybridized carbons (Fsp3) is 0.923. The molecule has 2 unspecified atom stereocenters. The molecular formula is C13H26N4. The quantitative estimate of drug-likeness (QED) is 0.747. The van der Waals surface area contributed by atoms with Crippen LogP contribution in [0.15, 0.2) is 0 Å². The summed E-state index contributed by atoms with van der Waals surface area (Å²) in [6.45, 7) is 5.27. The highest BCUT2D eigenvalue weighted by atomic mass is 15.2. The van der Waals surface area contributed by atoms with Crippen molar-refractivity contribution in [3.05, 3.63) is 0 Å². The first-order valence-electron chi connectivity index (χ1n) is 6.49. The van der Waals surface area contributed by atoms with Crippen LogP contribution in [-0.4, -0.2) is 62.2 Å². The van der Waals surface area contributed by atoms with Crippen LogP contribution in [0, 0.1) is 11.3 Å². The van der Waals surface area contributed by atoms with E-state index in [2.05, 4.69) is 35.3 Å². The molecule has 0 aliphatic carbocycles. The second kappa shape index (κ2) is 6.34. The van der Waals surface area contributed by atoms with Crippen LogP contribution in [0.5, 0.6) is 0 Å². The van der Waals surface area contributed by atoms with Crippen LogP contribution in [0.1, 0.15) is 26.2 Å². The molecule has 17 heavy (non-hydrogen) atoms. The molecular weight excluding hydrogens is 212 g/mol. The molecule has 1 rings (SSSR count). The van der Waals surface area contributed by atoms with Crippen molar-refractivity contribution in [2.45, 2.75) is 37.8 Å². The second-order valence-corrected chi connectivity index (χ2v) is 5.48. The van der Waals surface area contributed by atoms with Crippen molar-refractivity contribution < 1.29 is 0 Å². The SMILES string of the molecule is CNC(C)(C#N)CCN(C)CC1CCCN1C. The minimum Gasteiger partial charge on any atom is -0.305 e. The van der Waals surface area contributed by atoms with Crippen LogP contribution in [-0.2, 0) is 0 Å². The van der Waals surface area contributed by atoms with E-state index < -0.39 is 5.54 Å². The Morgan fingerprint density at radius 1 is 1.59 bits per heavy atom. The highest BCUT2D eigenvalue weighted by molar-refractivity contribution is 5.03. The van der Waals surface area contributed by atoms with Gasteiger partial charge in [-0.05, 0) is 53.9 Å². The number of hydrogen-bond acceptors (Lipinski definition) is 4. The molecule has 4 nitrogen and oxygen atoms in total. The zero-order valence-electron chi connectivity index (χ0n) is 11.7. The number of nitriles is 1. The van der Waals surface area contributed by atoms with E-state index in [0.29, 0.717) is 6.04 Å². The third kappa shape index (κ3) is 4.27. The van der Waals surface area contributed by atoms with Crippen molar-refractivity contribution in [1.82, 2.24) is 15.1 Å². The summed E-state index contributed by atoms with van der Waals surface area (Å²) in [6, 6.07) is 3.03. The molecule has 2 atom stereocenters. The number of likely N-dealkylation sites (N-methyl/N-ethyl adjacent to an activating group) is 2. The summed E-state index contributed by atoms with van der Waals surface area (Å²) in [5, 5.41) is 12.2. The predicted octanol–water partition coefficient (Wildman–Crippen LogP) is 0.904. The van der Waals surface area contributed by atoms with Gasteiger partial charge < -0.3 is 15.1 Å². The van der Waals surface area contributed by atoms with Gasteiger partial charge in [-0.15, -0.1) is 0 Å². The van der Waals surface area contributed by atoms with Crippen LogP contribution < -0.4 is 5.32 Å². The number of rotatable bonds is 6. The van der Waals surface area contributed by atoms with E-state index in [1.165, 1.54) is 19.4 Å². The van der Waals surface area contributed by atoms with Crippen LogP contribution in [0.4, 0.5) is 0 Å². The van der Waals surface area contributed by atoms with Crippen LogP contribution in [0.25, 0.3) is 0 Å². The van der Waals surface area contributed by atoms with E-state index in [-0.39, 0.29) is 0 Å². The summed E-state index contributed by atoms with van der Waals surface area (Å²) in [5.41, 5.74) is -0.393. The Balaban J connectivity index is 2.30. The topological polar surface area (TPSA) is 42.3 Å². The molecule has 0 aromatic rings. The molecule has 0 spiro atoms. The first-order valence-corrected chi connectivity index (χ1v) is 6.49. The first-order chi connectivity index (χ1) is 8.00. The summed E-state index contributed by atoms with van der Waals surface area (Å²) in [7, 11) is 6.21. The smallest absolute Gasteiger partial charge is 0.104 e. The lowest BCUT2D eigenvalue weighted by Crippen LogP contribution is -2.43. The fourth-order valence-electron chi connectivity index (χ4n) is 2.31. The summed E-state index contributed by atoms with van der Waals surface area (Å²) in [6.07, 6.45) is 3.50. The lowest BCUT2D eigenvalue weighted by molar-refractivity contribution is 0.209. The predicted molar refractivity (Wildman–Crippen MR) is 70.8 cm³/mol. The summed E-state index contributed by atoms with van der Waals surface area (Å²) >= 11 is 0. The number of nitrogens with one attached hydrogen (secondary N) is 1. The van der Waals surface area contributed by atoms with Gasteiger partial charge in [-0.1, -0.05) is 0 Å². The largest absolute Gasteiger partial charge is 0.305 e. The summed E-state index contributed by atoms with van der Waals surface area (Å²) in [5.74, 6) is 0. The van der Waals surface area contributed by atoms with Gasteiger partial charge in [0.2, 0.25) is 0 Å². The molecule has 0 bridgehead atoms. The molecule has 1 aliphatic heterocycles. The lowest BCUT2D eigenvalue weighted by atomic mass is 10.00. The van der Waals surface area contributed by atoms with Gasteiger partial charge in [-0.3, -0.25) is 0 Å². The Morgan fingerprint density at radius 3 is 2.76 bits per heavy atom. The van der Waals surface area contributed by atoms with Gasteiger partial charge in [0, 0.05) is 19.1 Å². The molecule has 0 aromatic carbocycles. The maximum Gasteiger partial charge on any atom is 0.104 e. The molecule has 1 aliphatic rings. The lowest BCUT2D eigenvalue weighted by Gasteiger charge is -2.28. The molecule has 1 heterocycles. The van der Waals surface area contributed by atoms with E-state index in [1.54, 1.807) is 0 Å². The van der Waals surface area contributed by atoms with Crippen LogP contribution >= 0.6 is 0 Å².